The molecule has 0 aliphatic carbocycles. The first kappa shape index (κ1) is 31.9. The van der Waals surface area contributed by atoms with Crippen molar-refractivity contribution < 1.29 is 53.8 Å². The van der Waals surface area contributed by atoms with Crippen molar-refractivity contribution in [3.8, 4) is 0 Å². The van der Waals surface area contributed by atoms with Gasteiger partial charge in [-0.2, -0.15) is 39.5 Å². The Morgan fingerprint density at radius 1 is 1.00 bits per heavy atom. The molecule has 0 aliphatic heterocycles. The van der Waals surface area contributed by atoms with Gasteiger partial charge in [-0.15, -0.1) is 0 Å². The van der Waals surface area contributed by atoms with E-state index in [-0.39, 0.29) is 17.0 Å². The number of esters is 1. The number of aromatic nitrogens is 2. The fourth-order valence-corrected chi connectivity index (χ4v) is 4.35. The van der Waals surface area contributed by atoms with Crippen LogP contribution < -0.4 is 10.5 Å². The number of benzene rings is 1. The van der Waals surface area contributed by atoms with Crippen LogP contribution in [0.1, 0.15) is 30.7 Å². The van der Waals surface area contributed by atoms with Crippen molar-refractivity contribution in [3.05, 3.63) is 48.3 Å². The van der Waals surface area contributed by atoms with Crippen molar-refractivity contribution in [3.63, 3.8) is 0 Å². The number of rotatable bonds is 7. The summed E-state index contributed by atoms with van der Waals surface area (Å²) in [6.07, 6.45) is -18.4. The first-order valence-corrected chi connectivity index (χ1v) is 11.7. The molecule has 0 saturated heterocycles. The van der Waals surface area contributed by atoms with E-state index in [4.69, 9.17) is 4.74 Å². The highest BCUT2D eigenvalue weighted by molar-refractivity contribution is 9.11. The summed E-state index contributed by atoms with van der Waals surface area (Å²) in [5.74, 6) is -2.58. The molecule has 38 heavy (non-hydrogen) atoms. The highest BCUT2D eigenvalue weighted by Gasteiger charge is 2.44. The van der Waals surface area contributed by atoms with Crippen molar-refractivity contribution in [2.45, 2.75) is 45.1 Å². The second-order valence-corrected chi connectivity index (χ2v) is 8.76. The maximum absolute atomic E-state index is 13.8. The van der Waals surface area contributed by atoms with E-state index < -0.39 is 86.8 Å². The number of carbonyl (C=O) groups is 1. The van der Waals surface area contributed by atoms with Gasteiger partial charge < -0.3 is 9.47 Å². The van der Waals surface area contributed by atoms with Gasteiger partial charge in [-0.3, -0.25) is 14.3 Å². The summed E-state index contributed by atoms with van der Waals surface area (Å²) in [6.45, 7) is 1.62. The fourth-order valence-electron chi connectivity index (χ4n) is 3.18. The van der Waals surface area contributed by atoms with Crippen LogP contribution in [0.5, 0.6) is 0 Å². The molecule has 0 spiro atoms. The molecule has 0 saturated carbocycles. The second-order valence-electron chi connectivity index (χ2n) is 7.17. The summed E-state index contributed by atoms with van der Waals surface area (Å²) in [5, 5.41) is 0. The molecule has 0 amide bonds. The van der Waals surface area contributed by atoms with E-state index in [1.165, 1.54) is 13.8 Å². The van der Waals surface area contributed by atoms with Crippen molar-refractivity contribution >= 4 is 49.5 Å². The number of ether oxygens (including phenoxy) is 2. The van der Waals surface area contributed by atoms with Gasteiger partial charge >= 0.3 is 24.5 Å². The minimum absolute atomic E-state index is 0.135. The monoisotopic (exact) mass is 691 g/mol. The molecule has 1 aromatic heterocycles. The maximum atomic E-state index is 13.8. The lowest BCUT2D eigenvalue weighted by Gasteiger charge is -2.34. The topological polar surface area (TPSA) is 73.7 Å². The third-order valence-electron chi connectivity index (χ3n) is 4.80. The molecule has 0 fully saturated rings. The normalized spacial score (nSPS) is 13.4. The van der Waals surface area contributed by atoms with E-state index in [0.717, 1.165) is 7.11 Å². The highest BCUT2D eigenvalue weighted by Crippen LogP contribution is 2.46. The minimum atomic E-state index is -5.40. The fraction of sp³-hybridized carbons (Fsp3) is 0.450. The smallest absolute Gasteiger partial charge is 0.434 e. The number of hydrogen-bond donors (Lipinski definition) is 0. The largest absolute Gasteiger partial charge is 0.466 e. The number of methoxy groups -OCH3 is 1. The van der Waals surface area contributed by atoms with Crippen LogP contribution in [-0.4, -0.2) is 35.5 Å². The van der Waals surface area contributed by atoms with Gasteiger partial charge in [0.05, 0.1) is 28.4 Å². The third-order valence-corrected chi connectivity index (χ3v) is 6.35. The summed E-state index contributed by atoms with van der Waals surface area (Å²) in [5.41, 5.74) is -8.14. The predicted octanol–water partition coefficient (Wildman–Crippen LogP) is 6.52. The zero-order valence-electron chi connectivity index (χ0n) is 19.3. The molecular formula is C20H16Br2F9N3O4. The zero-order chi connectivity index (χ0) is 29.4. The summed E-state index contributed by atoms with van der Waals surface area (Å²) in [7, 11) is 0.790. The van der Waals surface area contributed by atoms with E-state index >= 15 is 0 Å². The first-order valence-electron chi connectivity index (χ1n) is 10.1. The molecule has 1 heterocycles. The second kappa shape index (κ2) is 11.4. The predicted molar refractivity (Wildman–Crippen MR) is 121 cm³/mol. The molecule has 0 radical (unpaired) electrons. The highest BCUT2D eigenvalue weighted by atomic mass is 79.9. The van der Waals surface area contributed by atoms with Crippen molar-refractivity contribution in [1.29, 1.82) is 0 Å². The van der Waals surface area contributed by atoms with Crippen molar-refractivity contribution in [2.24, 2.45) is 0 Å². The summed E-state index contributed by atoms with van der Waals surface area (Å²) in [6, 6.07) is -0.0988. The molecular weight excluding hydrogens is 677 g/mol. The van der Waals surface area contributed by atoms with Crippen LogP contribution in [0.2, 0.25) is 0 Å². The molecule has 0 aliphatic rings. The van der Waals surface area contributed by atoms with Gasteiger partial charge in [-0.05, 0) is 57.8 Å². The molecule has 2 aromatic rings. The molecule has 1 atom stereocenters. The van der Waals surface area contributed by atoms with Gasteiger partial charge in [0.25, 0.3) is 5.56 Å². The van der Waals surface area contributed by atoms with Crippen LogP contribution >= 0.6 is 31.9 Å². The Morgan fingerprint density at radius 2 is 1.58 bits per heavy atom. The molecule has 2 rings (SSSR count). The number of carbonyl (C=O) groups excluding carboxylic acids is 1. The molecule has 0 bridgehead atoms. The van der Waals surface area contributed by atoms with E-state index in [2.05, 4.69) is 41.6 Å². The summed E-state index contributed by atoms with van der Waals surface area (Å²) < 4.78 is 131. The Kier molecular flexibility index (Phi) is 9.57. The average Bonchev–Trinajstić information content (AvgIpc) is 2.78. The van der Waals surface area contributed by atoms with Crippen molar-refractivity contribution in [1.82, 2.24) is 9.55 Å². The Balaban J connectivity index is 3.22. The third kappa shape index (κ3) is 6.44. The summed E-state index contributed by atoms with van der Waals surface area (Å²) >= 11 is 5.04. The molecule has 212 valence electrons. The van der Waals surface area contributed by atoms with E-state index in [0.29, 0.717) is 4.57 Å². The van der Waals surface area contributed by atoms with Gasteiger partial charge in [0, 0.05) is 13.2 Å². The number of hydrogen-bond acceptors (Lipinski definition) is 6. The van der Waals surface area contributed by atoms with Gasteiger partial charge in [-0.25, -0.2) is 9.78 Å². The first-order chi connectivity index (χ1) is 17.3. The minimum Gasteiger partial charge on any atom is -0.466 e. The maximum Gasteiger partial charge on any atom is 0.434 e. The van der Waals surface area contributed by atoms with Crippen LogP contribution in [0.4, 0.5) is 51.1 Å². The Bertz CT molecular complexity index is 1260. The Labute approximate surface area is 224 Å². The van der Waals surface area contributed by atoms with Crippen LogP contribution in [0, 0.1) is 0 Å². The van der Waals surface area contributed by atoms with Crippen molar-refractivity contribution in [2.75, 3.05) is 18.6 Å². The quantitative estimate of drug-likeness (QED) is 0.187. The van der Waals surface area contributed by atoms with Gasteiger partial charge in [0.2, 0.25) is 12.2 Å². The Morgan fingerprint density at radius 3 is 2.00 bits per heavy atom. The van der Waals surface area contributed by atoms with Gasteiger partial charge in [-0.1, -0.05) is 0 Å². The lowest BCUT2D eigenvalue weighted by Crippen LogP contribution is -2.45. The van der Waals surface area contributed by atoms with Crippen LogP contribution in [0.25, 0.3) is 0 Å². The van der Waals surface area contributed by atoms with Crippen LogP contribution in [0.15, 0.2) is 25.9 Å². The average molecular weight is 693 g/mol. The number of halogens is 11. The molecule has 18 heteroatoms. The van der Waals surface area contributed by atoms with E-state index in [9.17, 15) is 49.1 Å². The standard InChI is InChI=1S/C20H16Br2F9N3O4/c1-4-33-14(35)12(22)13(20(29,30)31)32-17(33)34(15(38-5-2)16(36)37-3)10-7-8(18(23,24)25)6-9(11(10)21)19(26,27)28/h6-7,15H,4-5H2,1-3H3. The van der Waals surface area contributed by atoms with Gasteiger partial charge in [0.1, 0.15) is 4.47 Å². The van der Waals surface area contributed by atoms with E-state index in [1.54, 1.807) is 0 Å². The molecule has 1 unspecified atom stereocenters. The Hall–Kier alpha value is -2.34. The zero-order valence-corrected chi connectivity index (χ0v) is 22.5. The number of alkyl halides is 9. The van der Waals surface area contributed by atoms with Gasteiger partial charge in [0.15, 0.2) is 5.69 Å². The number of nitrogens with zero attached hydrogens (tertiary/aromatic N) is 3. The van der Waals surface area contributed by atoms with Crippen LogP contribution in [0.3, 0.4) is 0 Å². The molecule has 1 aromatic carbocycles. The van der Waals surface area contributed by atoms with Crippen LogP contribution in [-0.2, 0) is 39.3 Å². The lowest BCUT2D eigenvalue weighted by atomic mass is 10.1. The number of anilines is 2. The molecule has 7 nitrogen and oxygen atoms in total. The molecule has 0 N–H and O–H groups in total. The summed E-state index contributed by atoms with van der Waals surface area (Å²) in [4.78, 5) is 29.0. The lowest BCUT2D eigenvalue weighted by molar-refractivity contribution is -0.153. The SMILES string of the molecule is CCOC(C(=O)OC)N(c1cc(C(F)(F)F)cc(C(F)(F)F)c1Br)c1nc(C(F)(F)F)c(Br)c(=O)n1CC. The van der Waals surface area contributed by atoms with E-state index in [1.807, 2.05) is 0 Å².